The molecule has 3 aromatic rings. The maximum atomic E-state index is 4.87. The van der Waals surface area contributed by atoms with E-state index in [2.05, 4.69) is 67.8 Å². The summed E-state index contributed by atoms with van der Waals surface area (Å²) in [4.78, 5) is 9.69. The van der Waals surface area contributed by atoms with Gasteiger partial charge in [0.2, 0.25) is 0 Å². The molecule has 0 fully saturated rings. The van der Waals surface area contributed by atoms with Gasteiger partial charge >= 0.3 is 0 Å². The van der Waals surface area contributed by atoms with Gasteiger partial charge < -0.3 is 10.6 Å². The number of hydrogen-bond donors (Lipinski definition) is 2. The Bertz CT molecular complexity index is 925. The van der Waals surface area contributed by atoms with Crippen LogP contribution in [0.15, 0.2) is 54.6 Å². The van der Waals surface area contributed by atoms with E-state index in [9.17, 15) is 0 Å². The van der Waals surface area contributed by atoms with E-state index in [0.29, 0.717) is 0 Å². The highest BCUT2D eigenvalue weighted by atomic mass is 15.1. The lowest BCUT2D eigenvalue weighted by molar-refractivity contribution is 0.590. The smallest absolute Gasteiger partial charge is 0.161 e. The van der Waals surface area contributed by atoms with Crippen molar-refractivity contribution in [2.75, 3.05) is 11.9 Å². The lowest BCUT2D eigenvalue weighted by Gasteiger charge is -2.22. The molecule has 1 aliphatic heterocycles. The summed E-state index contributed by atoms with van der Waals surface area (Å²) in [5.41, 5.74) is 5.88. The highest BCUT2D eigenvalue weighted by Gasteiger charge is 2.19. The van der Waals surface area contributed by atoms with Gasteiger partial charge in [-0.1, -0.05) is 63.2 Å². The second-order valence-electron chi connectivity index (χ2n) is 8.07. The zero-order valence-corrected chi connectivity index (χ0v) is 16.2. The van der Waals surface area contributed by atoms with Crippen molar-refractivity contribution in [3.05, 3.63) is 71.4 Å². The number of anilines is 2. The molecule has 0 bridgehead atoms. The van der Waals surface area contributed by atoms with Crippen molar-refractivity contribution in [2.45, 2.75) is 39.2 Å². The Balaban J connectivity index is 1.71. The predicted molar refractivity (Wildman–Crippen MR) is 111 cm³/mol. The lowest BCUT2D eigenvalue weighted by Crippen LogP contribution is -2.26. The zero-order valence-electron chi connectivity index (χ0n) is 16.2. The summed E-state index contributed by atoms with van der Waals surface area (Å²) in [6.45, 7) is 8.44. The largest absolute Gasteiger partial charge is 0.340 e. The third-order valence-electron chi connectivity index (χ3n) is 4.98. The fourth-order valence-corrected chi connectivity index (χ4v) is 3.37. The van der Waals surface area contributed by atoms with Gasteiger partial charge in [0, 0.05) is 23.4 Å². The minimum atomic E-state index is 0.152. The second-order valence-corrected chi connectivity index (χ2v) is 8.07. The van der Waals surface area contributed by atoms with Crippen molar-refractivity contribution < 1.29 is 0 Å². The van der Waals surface area contributed by atoms with E-state index in [-0.39, 0.29) is 5.41 Å². The summed E-state index contributed by atoms with van der Waals surface area (Å²) in [5.74, 6) is 1.69. The molecule has 1 aromatic heterocycles. The number of benzene rings is 2. The van der Waals surface area contributed by atoms with Crippen LogP contribution >= 0.6 is 0 Å². The van der Waals surface area contributed by atoms with Gasteiger partial charge in [-0.25, -0.2) is 9.97 Å². The lowest BCUT2D eigenvalue weighted by atomic mass is 9.87. The van der Waals surface area contributed by atoms with Crippen molar-refractivity contribution >= 4 is 11.5 Å². The Morgan fingerprint density at radius 1 is 0.926 bits per heavy atom. The van der Waals surface area contributed by atoms with Crippen LogP contribution in [0.3, 0.4) is 0 Å². The molecule has 2 aromatic carbocycles. The minimum absolute atomic E-state index is 0.152. The van der Waals surface area contributed by atoms with Crippen LogP contribution in [0.25, 0.3) is 11.4 Å². The SMILES string of the molecule is CC(C)(C)c1ccc(Nc2nc(-c3ccccc3)nc3c2CCNC3)cc1. The third kappa shape index (κ3) is 3.86. The summed E-state index contributed by atoms with van der Waals surface area (Å²) in [5, 5.41) is 6.96. The molecule has 0 spiro atoms. The molecule has 0 amide bonds. The van der Waals surface area contributed by atoms with Gasteiger partial charge in [-0.3, -0.25) is 0 Å². The molecule has 0 unspecified atom stereocenters. The van der Waals surface area contributed by atoms with Gasteiger partial charge in [-0.2, -0.15) is 0 Å². The summed E-state index contributed by atoms with van der Waals surface area (Å²) in [7, 11) is 0. The standard InChI is InChI=1S/C23H26N4/c1-23(2,3)17-9-11-18(12-10-17)25-22-19-13-14-24-15-20(19)26-21(27-22)16-7-5-4-6-8-16/h4-12,24H,13-15H2,1-3H3,(H,25,26,27). The number of rotatable bonds is 3. The molecule has 1 aliphatic rings. The quantitative estimate of drug-likeness (QED) is 0.704. The topological polar surface area (TPSA) is 49.8 Å². The van der Waals surface area contributed by atoms with E-state index in [0.717, 1.165) is 48.1 Å². The van der Waals surface area contributed by atoms with E-state index in [1.807, 2.05) is 18.2 Å². The van der Waals surface area contributed by atoms with Crippen LogP contribution in [-0.2, 0) is 18.4 Å². The van der Waals surface area contributed by atoms with Gasteiger partial charge in [-0.15, -0.1) is 0 Å². The van der Waals surface area contributed by atoms with Gasteiger partial charge in [-0.05, 0) is 36.1 Å². The molecule has 138 valence electrons. The Morgan fingerprint density at radius 2 is 1.67 bits per heavy atom. The molecular formula is C23H26N4. The monoisotopic (exact) mass is 358 g/mol. The van der Waals surface area contributed by atoms with E-state index in [1.165, 1.54) is 11.1 Å². The Hall–Kier alpha value is -2.72. The van der Waals surface area contributed by atoms with Crippen molar-refractivity contribution in [1.82, 2.24) is 15.3 Å². The van der Waals surface area contributed by atoms with Gasteiger partial charge in [0.25, 0.3) is 0 Å². The van der Waals surface area contributed by atoms with Crippen molar-refractivity contribution in [3.63, 3.8) is 0 Å². The number of hydrogen-bond acceptors (Lipinski definition) is 4. The minimum Gasteiger partial charge on any atom is -0.340 e. The molecule has 2 heterocycles. The average molecular weight is 358 g/mol. The van der Waals surface area contributed by atoms with E-state index >= 15 is 0 Å². The van der Waals surface area contributed by atoms with Crippen LogP contribution in [0.5, 0.6) is 0 Å². The van der Waals surface area contributed by atoms with Crippen molar-refractivity contribution in [3.8, 4) is 11.4 Å². The van der Waals surface area contributed by atoms with Crippen molar-refractivity contribution in [2.24, 2.45) is 0 Å². The highest BCUT2D eigenvalue weighted by Crippen LogP contribution is 2.29. The highest BCUT2D eigenvalue weighted by molar-refractivity contribution is 5.65. The molecule has 4 heteroatoms. The Morgan fingerprint density at radius 3 is 2.37 bits per heavy atom. The first kappa shape index (κ1) is 17.7. The second kappa shape index (κ2) is 7.12. The van der Waals surface area contributed by atoms with E-state index in [1.54, 1.807) is 0 Å². The van der Waals surface area contributed by atoms with Crippen molar-refractivity contribution in [1.29, 1.82) is 0 Å². The molecule has 4 rings (SSSR count). The molecule has 2 N–H and O–H groups in total. The first-order chi connectivity index (χ1) is 13.0. The number of aromatic nitrogens is 2. The van der Waals surface area contributed by atoms with Crippen LogP contribution in [-0.4, -0.2) is 16.5 Å². The summed E-state index contributed by atoms with van der Waals surface area (Å²) in [6, 6.07) is 18.8. The third-order valence-corrected chi connectivity index (χ3v) is 4.98. The normalized spacial score (nSPS) is 13.9. The van der Waals surface area contributed by atoms with Gasteiger partial charge in [0.15, 0.2) is 5.82 Å². The Labute approximate surface area is 161 Å². The fraction of sp³-hybridized carbons (Fsp3) is 0.304. The number of fused-ring (bicyclic) bond motifs is 1. The molecule has 0 radical (unpaired) electrons. The summed E-state index contributed by atoms with van der Waals surface area (Å²) >= 11 is 0. The molecule has 0 saturated heterocycles. The Kier molecular flexibility index (Phi) is 4.66. The first-order valence-corrected chi connectivity index (χ1v) is 9.54. The van der Waals surface area contributed by atoms with E-state index < -0.39 is 0 Å². The molecule has 0 atom stereocenters. The molecule has 4 nitrogen and oxygen atoms in total. The van der Waals surface area contributed by atoms with Crippen LogP contribution < -0.4 is 10.6 Å². The average Bonchev–Trinajstić information content (AvgIpc) is 2.68. The van der Waals surface area contributed by atoms with Gasteiger partial charge in [0.05, 0.1) is 5.69 Å². The summed E-state index contributed by atoms with van der Waals surface area (Å²) in [6.07, 6.45) is 0.937. The first-order valence-electron chi connectivity index (χ1n) is 9.54. The molecule has 27 heavy (non-hydrogen) atoms. The fourth-order valence-electron chi connectivity index (χ4n) is 3.37. The maximum Gasteiger partial charge on any atom is 0.161 e. The maximum absolute atomic E-state index is 4.87. The van der Waals surface area contributed by atoms with Crippen LogP contribution in [0, 0.1) is 0 Å². The van der Waals surface area contributed by atoms with Gasteiger partial charge in [0.1, 0.15) is 5.82 Å². The molecule has 0 saturated carbocycles. The number of nitrogens with one attached hydrogen (secondary N) is 2. The summed E-state index contributed by atoms with van der Waals surface area (Å²) < 4.78 is 0. The molecule has 0 aliphatic carbocycles. The zero-order chi connectivity index (χ0) is 18.9. The van der Waals surface area contributed by atoms with Crippen LogP contribution in [0.4, 0.5) is 11.5 Å². The predicted octanol–water partition coefficient (Wildman–Crippen LogP) is 4.83. The van der Waals surface area contributed by atoms with Crippen LogP contribution in [0.2, 0.25) is 0 Å². The number of nitrogens with zero attached hydrogens (tertiary/aromatic N) is 2. The molecular weight excluding hydrogens is 332 g/mol. The van der Waals surface area contributed by atoms with E-state index in [4.69, 9.17) is 9.97 Å². The van der Waals surface area contributed by atoms with Crippen LogP contribution in [0.1, 0.15) is 37.6 Å².